The van der Waals surface area contributed by atoms with Gasteiger partial charge in [-0.25, -0.2) is 0 Å². The Bertz CT molecular complexity index is 636. The van der Waals surface area contributed by atoms with Gasteiger partial charge in [0.15, 0.2) is 0 Å². The molecule has 0 radical (unpaired) electrons. The maximum Gasteiger partial charge on any atom is 0.307 e. The van der Waals surface area contributed by atoms with Crippen molar-refractivity contribution < 1.29 is 23.9 Å². The molecule has 0 atom stereocenters. The first-order chi connectivity index (χ1) is 11.5. The molecule has 0 saturated heterocycles. The topological polar surface area (TPSA) is 84.0 Å². The van der Waals surface area contributed by atoms with Crippen molar-refractivity contribution in [3.63, 3.8) is 0 Å². The minimum atomic E-state index is -0.467. The highest BCUT2D eigenvalue weighted by atomic mass is 16.5. The maximum atomic E-state index is 12.4. The lowest BCUT2D eigenvalue weighted by molar-refractivity contribution is -0.144. The number of hydrogen-bond donors (Lipinski definition) is 0. The average Bonchev–Trinajstić information content (AvgIpc) is 2.81. The number of nitrogens with zero attached hydrogens (tertiary/aromatic N) is 2. The van der Waals surface area contributed by atoms with Crippen LogP contribution >= 0.6 is 0 Å². The van der Waals surface area contributed by atoms with E-state index in [9.17, 15) is 19.2 Å². The van der Waals surface area contributed by atoms with Crippen LogP contribution in [0.25, 0.3) is 0 Å². The van der Waals surface area contributed by atoms with Gasteiger partial charge >= 0.3 is 5.97 Å². The maximum absolute atomic E-state index is 12.4. The summed E-state index contributed by atoms with van der Waals surface area (Å²) in [5.41, 5.74) is 0.620. The Kier molecular flexibility index (Phi) is 5.68. The summed E-state index contributed by atoms with van der Waals surface area (Å²) < 4.78 is 4.83. The van der Waals surface area contributed by atoms with Crippen LogP contribution in [0, 0.1) is 0 Å². The number of carbonyl (C=O) groups excluding carboxylic acids is 4. The Morgan fingerprint density at radius 3 is 2.17 bits per heavy atom. The number of likely N-dealkylation sites (N-methyl/N-ethyl adjacent to an activating group) is 1. The van der Waals surface area contributed by atoms with Gasteiger partial charge in [-0.3, -0.25) is 24.1 Å². The quantitative estimate of drug-likeness (QED) is 0.551. The second kappa shape index (κ2) is 7.72. The number of rotatable bonds is 7. The Morgan fingerprint density at radius 1 is 1.08 bits per heavy atom. The van der Waals surface area contributed by atoms with E-state index in [-0.39, 0.29) is 38.0 Å². The first-order valence-corrected chi connectivity index (χ1v) is 7.88. The van der Waals surface area contributed by atoms with E-state index >= 15 is 0 Å². The first-order valence-electron chi connectivity index (χ1n) is 7.88. The van der Waals surface area contributed by atoms with E-state index in [0.717, 1.165) is 4.90 Å². The first kappa shape index (κ1) is 17.7. The molecule has 7 heteroatoms. The number of ether oxygens (including phenoxy) is 1. The molecule has 0 fully saturated rings. The zero-order chi connectivity index (χ0) is 17.7. The zero-order valence-electron chi connectivity index (χ0n) is 13.8. The van der Waals surface area contributed by atoms with Gasteiger partial charge in [-0.05, 0) is 26.0 Å². The third-order valence-corrected chi connectivity index (χ3v) is 3.80. The van der Waals surface area contributed by atoms with Gasteiger partial charge in [-0.15, -0.1) is 0 Å². The molecule has 128 valence electrons. The van der Waals surface area contributed by atoms with Crippen LogP contribution in [0.1, 0.15) is 41.0 Å². The highest BCUT2D eigenvalue weighted by Crippen LogP contribution is 2.22. The van der Waals surface area contributed by atoms with Gasteiger partial charge in [0.05, 0.1) is 24.2 Å². The van der Waals surface area contributed by atoms with E-state index in [1.165, 1.54) is 4.90 Å². The molecule has 0 aliphatic carbocycles. The average molecular weight is 332 g/mol. The van der Waals surface area contributed by atoms with E-state index in [2.05, 4.69) is 0 Å². The van der Waals surface area contributed by atoms with Crippen LogP contribution in [-0.2, 0) is 14.3 Å². The largest absolute Gasteiger partial charge is 0.466 e. The zero-order valence-corrected chi connectivity index (χ0v) is 13.8. The lowest BCUT2D eigenvalue weighted by atomic mass is 10.1. The molecule has 0 spiro atoms. The van der Waals surface area contributed by atoms with E-state index in [1.807, 2.05) is 0 Å². The fourth-order valence-corrected chi connectivity index (χ4v) is 2.54. The van der Waals surface area contributed by atoms with E-state index in [1.54, 1.807) is 38.1 Å². The van der Waals surface area contributed by atoms with Crippen LogP contribution in [0.15, 0.2) is 24.3 Å². The molecule has 1 aromatic rings. The number of imide groups is 1. The Hall–Kier alpha value is -2.70. The molecule has 1 aromatic carbocycles. The highest BCUT2D eigenvalue weighted by Gasteiger charge is 2.36. The number of esters is 1. The summed E-state index contributed by atoms with van der Waals surface area (Å²) in [7, 11) is 0. The van der Waals surface area contributed by atoms with Crippen LogP contribution in [0.4, 0.5) is 0 Å². The van der Waals surface area contributed by atoms with Crippen molar-refractivity contribution in [1.82, 2.24) is 9.80 Å². The van der Waals surface area contributed by atoms with Crippen molar-refractivity contribution in [3.05, 3.63) is 35.4 Å². The third-order valence-electron chi connectivity index (χ3n) is 3.80. The van der Waals surface area contributed by atoms with Crippen LogP contribution < -0.4 is 0 Å². The SMILES string of the molecule is CCOC(=O)CCN(CC)C(=O)CN1C(=O)c2ccccc2C1=O. The van der Waals surface area contributed by atoms with Crippen molar-refractivity contribution in [2.45, 2.75) is 20.3 Å². The monoisotopic (exact) mass is 332 g/mol. The Morgan fingerprint density at radius 2 is 1.67 bits per heavy atom. The summed E-state index contributed by atoms with van der Waals surface area (Å²) in [5, 5.41) is 0. The molecule has 3 amide bonds. The summed E-state index contributed by atoms with van der Waals surface area (Å²) >= 11 is 0. The van der Waals surface area contributed by atoms with E-state index in [4.69, 9.17) is 4.74 Å². The number of fused-ring (bicyclic) bond motifs is 1. The summed E-state index contributed by atoms with van der Waals surface area (Å²) in [4.78, 5) is 50.7. The molecule has 24 heavy (non-hydrogen) atoms. The number of hydrogen-bond acceptors (Lipinski definition) is 5. The van der Waals surface area contributed by atoms with Gasteiger partial charge in [0.25, 0.3) is 11.8 Å². The number of carbonyl (C=O) groups is 4. The Labute approximate surface area is 140 Å². The van der Waals surface area contributed by atoms with Crippen molar-refractivity contribution in [3.8, 4) is 0 Å². The van der Waals surface area contributed by atoms with Crippen molar-refractivity contribution >= 4 is 23.7 Å². The van der Waals surface area contributed by atoms with Crippen molar-refractivity contribution in [2.75, 3.05) is 26.2 Å². The van der Waals surface area contributed by atoms with E-state index < -0.39 is 11.8 Å². The summed E-state index contributed by atoms with van der Waals surface area (Å²) in [6.07, 6.45) is 0.0789. The number of amides is 3. The highest BCUT2D eigenvalue weighted by molar-refractivity contribution is 6.22. The minimum Gasteiger partial charge on any atom is -0.466 e. The molecule has 0 saturated carbocycles. The molecule has 7 nitrogen and oxygen atoms in total. The summed E-state index contributed by atoms with van der Waals surface area (Å²) in [5.74, 6) is -1.70. The van der Waals surface area contributed by atoms with Gasteiger partial charge in [0.2, 0.25) is 5.91 Å². The summed E-state index contributed by atoms with van der Waals surface area (Å²) in [6.45, 7) is 4.00. The molecule has 0 bridgehead atoms. The lowest BCUT2D eigenvalue weighted by Crippen LogP contribution is -2.43. The standard InChI is InChI=1S/C17H20N2O5/c1-3-18(10-9-15(21)24-4-2)14(20)11-19-16(22)12-7-5-6-8-13(12)17(19)23/h5-8H,3-4,9-11H2,1-2H3. The molecular formula is C17H20N2O5. The fraction of sp³-hybridized carbons (Fsp3) is 0.412. The van der Waals surface area contributed by atoms with Crippen LogP contribution in [0.2, 0.25) is 0 Å². The Balaban J connectivity index is 2.00. The van der Waals surface area contributed by atoms with Crippen LogP contribution in [0.5, 0.6) is 0 Å². The van der Waals surface area contributed by atoms with Crippen molar-refractivity contribution in [2.24, 2.45) is 0 Å². The van der Waals surface area contributed by atoms with E-state index in [0.29, 0.717) is 17.7 Å². The second-order valence-electron chi connectivity index (χ2n) is 5.27. The van der Waals surface area contributed by atoms with Gasteiger partial charge in [0, 0.05) is 13.1 Å². The molecule has 0 N–H and O–H groups in total. The lowest BCUT2D eigenvalue weighted by Gasteiger charge is -2.23. The van der Waals surface area contributed by atoms with Gasteiger partial charge < -0.3 is 9.64 Å². The molecule has 2 rings (SSSR count). The predicted molar refractivity (Wildman–Crippen MR) is 85.3 cm³/mol. The second-order valence-corrected chi connectivity index (χ2v) is 5.27. The third kappa shape index (κ3) is 3.61. The molecule has 0 unspecified atom stereocenters. The summed E-state index contributed by atoms with van der Waals surface area (Å²) in [6, 6.07) is 6.48. The van der Waals surface area contributed by atoms with Gasteiger partial charge in [-0.1, -0.05) is 12.1 Å². The number of benzene rings is 1. The molecule has 1 aliphatic heterocycles. The smallest absolute Gasteiger partial charge is 0.307 e. The van der Waals surface area contributed by atoms with Gasteiger partial charge in [-0.2, -0.15) is 0 Å². The minimum absolute atomic E-state index is 0.0789. The molecular weight excluding hydrogens is 312 g/mol. The predicted octanol–water partition coefficient (Wildman–Crippen LogP) is 1.08. The molecule has 1 heterocycles. The normalized spacial score (nSPS) is 13.0. The fourth-order valence-electron chi connectivity index (χ4n) is 2.54. The van der Waals surface area contributed by atoms with Crippen LogP contribution in [0.3, 0.4) is 0 Å². The van der Waals surface area contributed by atoms with Crippen LogP contribution in [-0.4, -0.2) is 59.7 Å². The molecule has 1 aliphatic rings. The van der Waals surface area contributed by atoms with Gasteiger partial charge in [0.1, 0.15) is 6.54 Å². The van der Waals surface area contributed by atoms with Crippen molar-refractivity contribution in [1.29, 1.82) is 0 Å². The molecule has 0 aromatic heterocycles.